The lowest BCUT2D eigenvalue weighted by Crippen LogP contribution is -2.44. The van der Waals surface area contributed by atoms with Gasteiger partial charge < -0.3 is 9.88 Å². The Labute approximate surface area is 144 Å². The molecule has 0 aliphatic carbocycles. The fraction of sp³-hybridized carbons (Fsp3) is 0.688. The van der Waals surface area contributed by atoms with E-state index in [1.54, 1.807) is 0 Å². The molecule has 0 aromatic carbocycles. The third-order valence-corrected chi connectivity index (χ3v) is 6.02. The average Bonchev–Trinajstić information content (AvgIpc) is 2.92. The highest BCUT2D eigenvalue weighted by Crippen LogP contribution is 2.21. The van der Waals surface area contributed by atoms with E-state index in [4.69, 9.17) is 0 Å². The molecule has 0 radical (unpaired) electrons. The Kier molecular flexibility index (Phi) is 6.06. The molecule has 1 aromatic heterocycles. The molecule has 24 heavy (non-hydrogen) atoms. The van der Waals surface area contributed by atoms with Crippen LogP contribution in [0.3, 0.4) is 0 Å². The first-order valence-corrected chi connectivity index (χ1v) is 10.1. The van der Waals surface area contributed by atoms with Crippen molar-refractivity contribution < 1.29 is 13.2 Å². The van der Waals surface area contributed by atoms with Crippen LogP contribution >= 0.6 is 0 Å². The molecule has 1 atom stereocenters. The summed E-state index contributed by atoms with van der Waals surface area (Å²) in [5.74, 6) is -0.0940. The molecule has 136 valence electrons. The Morgan fingerprint density at radius 2 is 2.00 bits per heavy atom. The maximum absolute atomic E-state index is 12.4. The highest BCUT2D eigenvalue weighted by atomic mass is 32.2. The first kappa shape index (κ1) is 19.0. The highest BCUT2D eigenvalue weighted by molar-refractivity contribution is 7.88. The van der Waals surface area contributed by atoms with Crippen molar-refractivity contribution >= 4 is 15.9 Å². The van der Waals surface area contributed by atoms with Gasteiger partial charge in [0.05, 0.1) is 12.3 Å². The van der Waals surface area contributed by atoms with E-state index >= 15 is 0 Å². The molecule has 8 heteroatoms. The van der Waals surface area contributed by atoms with Crippen LogP contribution in [0.5, 0.6) is 0 Å². The normalized spacial score (nSPS) is 18.7. The molecule has 1 aliphatic rings. The molecule has 0 unspecified atom stereocenters. The quantitative estimate of drug-likeness (QED) is 0.801. The number of amides is 1. The van der Waals surface area contributed by atoms with E-state index in [1.807, 2.05) is 33.4 Å². The van der Waals surface area contributed by atoms with Crippen LogP contribution < -0.4 is 5.32 Å². The van der Waals surface area contributed by atoms with Gasteiger partial charge in [-0.25, -0.2) is 12.7 Å². The minimum absolute atomic E-state index is 0.0178. The molecule has 2 heterocycles. The number of aromatic nitrogens is 1. The third-order valence-electron chi connectivity index (χ3n) is 4.71. The van der Waals surface area contributed by atoms with Gasteiger partial charge in [0.15, 0.2) is 0 Å². The molecule has 7 nitrogen and oxygen atoms in total. The number of sulfonamides is 1. The van der Waals surface area contributed by atoms with Crippen molar-refractivity contribution in [1.82, 2.24) is 19.1 Å². The van der Waals surface area contributed by atoms with E-state index in [1.165, 1.54) is 10.6 Å². The van der Waals surface area contributed by atoms with Gasteiger partial charge in [0.2, 0.25) is 15.9 Å². The fourth-order valence-electron chi connectivity index (χ4n) is 3.16. The van der Waals surface area contributed by atoms with Crippen LogP contribution in [0.4, 0.5) is 0 Å². The zero-order chi connectivity index (χ0) is 17.9. The van der Waals surface area contributed by atoms with Gasteiger partial charge in [-0.2, -0.15) is 0 Å². The second-order valence-corrected chi connectivity index (χ2v) is 8.69. The molecule has 2 rings (SSSR count). The summed E-state index contributed by atoms with van der Waals surface area (Å²) < 4.78 is 26.6. The van der Waals surface area contributed by atoms with E-state index in [2.05, 4.69) is 20.9 Å². The molecular formula is C16H28N4O3S. The second-order valence-electron chi connectivity index (χ2n) is 6.70. The Morgan fingerprint density at radius 1 is 1.38 bits per heavy atom. The van der Waals surface area contributed by atoms with Crippen molar-refractivity contribution in [2.24, 2.45) is 13.0 Å². The van der Waals surface area contributed by atoms with Crippen LogP contribution in [0.25, 0.3) is 0 Å². The van der Waals surface area contributed by atoms with Crippen LogP contribution in [0.1, 0.15) is 24.6 Å². The molecule has 1 aliphatic heterocycles. The number of aryl methyl sites for hydroxylation is 1. The molecule has 1 fully saturated rings. The summed E-state index contributed by atoms with van der Waals surface area (Å²) in [6, 6.07) is 4.15. The Morgan fingerprint density at radius 3 is 2.46 bits per heavy atom. The SMILES string of the molecule is CN(C)[C@@H](CNC(=O)C1CCN(S(C)(=O)=O)CC1)c1cccn1C. The number of nitrogens with one attached hydrogen (secondary N) is 1. The lowest BCUT2D eigenvalue weighted by atomic mass is 9.97. The zero-order valence-corrected chi connectivity index (χ0v) is 15.7. The monoisotopic (exact) mass is 356 g/mol. The van der Waals surface area contributed by atoms with Gasteiger partial charge in [-0.05, 0) is 39.1 Å². The van der Waals surface area contributed by atoms with Crippen LogP contribution in [-0.4, -0.2) is 68.1 Å². The van der Waals surface area contributed by atoms with E-state index < -0.39 is 10.0 Å². The largest absolute Gasteiger partial charge is 0.354 e. The summed E-state index contributed by atoms with van der Waals surface area (Å²) in [4.78, 5) is 14.5. The van der Waals surface area contributed by atoms with Crippen molar-refractivity contribution in [3.63, 3.8) is 0 Å². The number of nitrogens with zero attached hydrogens (tertiary/aromatic N) is 3. The minimum atomic E-state index is -3.15. The van der Waals surface area contributed by atoms with Crippen LogP contribution in [0.15, 0.2) is 18.3 Å². The lowest BCUT2D eigenvalue weighted by molar-refractivity contribution is -0.126. The standard InChI is InChI=1S/C16H28N4O3S/c1-18(2)15(14-6-5-9-19(14)3)12-17-16(21)13-7-10-20(11-8-13)24(4,22)23/h5-6,9,13,15H,7-8,10-12H2,1-4H3,(H,17,21)/t15-/m0/s1. The van der Waals surface area contributed by atoms with Crippen LogP contribution in [0.2, 0.25) is 0 Å². The number of rotatable bonds is 6. The van der Waals surface area contributed by atoms with Crippen LogP contribution in [-0.2, 0) is 21.9 Å². The minimum Gasteiger partial charge on any atom is -0.354 e. The summed E-state index contributed by atoms with van der Waals surface area (Å²) in [5.41, 5.74) is 1.15. The summed E-state index contributed by atoms with van der Waals surface area (Å²) in [6.07, 6.45) is 4.37. The summed E-state index contributed by atoms with van der Waals surface area (Å²) >= 11 is 0. The number of hydrogen-bond donors (Lipinski definition) is 1. The first-order valence-electron chi connectivity index (χ1n) is 8.20. The molecule has 1 aromatic rings. The van der Waals surface area contributed by atoms with E-state index in [-0.39, 0.29) is 17.9 Å². The second kappa shape index (κ2) is 7.67. The van der Waals surface area contributed by atoms with E-state index in [9.17, 15) is 13.2 Å². The Hall–Kier alpha value is -1.38. The molecule has 1 amide bonds. The van der Waals surface area contributed by atoms with Crippen molar-refractivity contribution in [3.8, 4) is 0 Å². The molecule has 0 spiro atoms. The van der Waals surface area contributed by atoms with Crippen LogP contribution in [0, 0.1) is 5.92 Å². The average molecular weight is 356 g/mol. The first-order chi connectivity index (χ1) is 11.2. The molecule has 1 saturated heterocycles. The topological polar surface area (TPSA) is 74.7 Å². The highest BCUT2D eigenvalue weighted by Gasteiger charge is 2.29. The summed E-state index contributed by atoms with van der Waals surface area (Å²) in [7, 11) is 2.83. The van der Waals surface area contributed by atoms with E-state index in [0.717, 1.165) is 5.69 Å². The molecular weight excluding hydrogens is 328 g/mol. The van der Waals surface area contributed by atoms with Crippen molar-refractivity contribution in [2.75, 3.05) is 40.0 Å². The zero-order valence-electron chi connectivity index (χ0n) is 14.9. The van der Waals surface area contributed by atoms with E-state index in [0.29, 0.717) is 32.5 Å². The fourth-order valence-corrected chi connectivity index (χ4v) is 4.04. The molecule has 1 N–H and O–H groups in total. The number of piperidine rings is 1. The number of likely N-dealkylation sites (N-methyl/N-ethyl adjacent to an activating group) is 1. The van der Waals surface area contributed by atoms with Crippen molar-refractivity contribution in [3.05, 3.63) is 24.0 Å². The predicted octanol–water partition coefficient (Wildman–Crippen LogP) is 0.416. The van der Waals surface area contributed by atoms with Gasteiger partial charge >= 0.3 is 0 Å². The Balaban J connectivity index is 1.90. The smallest absolute Gasteiger partial charge is 0.223 e. The van der Waals surface area contributed by atoms with Gasteiger partial charge in [-0.3, -0.25) is 9.69 Å². The van der Waals surface area contributed by atoms with Gasteiger partial charge in [0.1, 0.15) is 0 Å². The lowest BCUT2D eigenvalue weighted by Gasteiger charge is -2.30. The molecule has 0 bridgehead atoms. The van der Waals surface area contributed by atoms with Crippen molar-refractivity contribution in [2.45, 2.75) is 18.9 Å². The number of carbonyl (C=O) groups is 1. The van der Waals surface area contributed by atoms with Gasteiger partial charge in [-0.1, -0.05) is 0 Å². The van der Waals surface area contributed by atoms with Gasteiger partial charge in [0.25, 0.3) is 0 Å². The summed E-state index contributed by atoms with van der Waals surface area (Å²) in [5, 5.41) is 3.04. The predicted molar refractivity (Wildman–Crippen MR) is 94.0 cm³/mol. The third kappa shape index (κ3) is 4.58. The maximum Gasteiger partial charge on any atom is 0.223 e. The molecule has 0 saturated carbocycles. The number of hydrogen-bond acceptors (Lipinski definition) is 4. The van der Waals surface area contributed by atoms with Gasteiger partial charge in [-0.15, -0.1) is 0 Å². The number of carbonyl (C=O) groups excluding carboxylic acids is 1. The Bertz CT molecular complexity index is 661. The van der Waals surface area contributed by atoms with Crippen molar-refractivity contribution in [1.29, 1.82) is 0 Å². The maximum atomic E-state index is 12.4. The van der Waals surface area contributed by atoms with Gasteiger partial charge in [0, 0.05) is 44.5 Å². The summed E-state index contributed by atoms with van der Waals surface area (Å²) in [6.45, 7) is 1.38.